The molecule has 2 atom stereocenters. The molecule has 0 aliphatic rings. The standard InChI is InChI=1S/C24H44O5S/c1-6-8-10-11-12-13-15-17-23(20-21-29-30(5,25)26)22(16-14-9-7-2)18-19-24(27-3)28-4/h12-13,15,17-19,22-24H,6-11,14,16,20-21H2,1-5H3/b13-12+,17-15+,19-18+. The van der Waals surface area contributed by atoms with E-state index in [1.165, 1.54) is 25.7 Å². The Balaban J connectivity index is 5.25. The van der Waals surface area contributed by atoms with Gasteiger partial charge >= 0.3 is 0 Å². The number of allylic oxidation sites excluding steroid dienone is 5. The first-order valence-electron chi connectivity index (χ1n) is 11.3. The lowest BCUT2D eigenvalue weighted by molar-refractivity contribution is -0.0669. The van der Waals surface area contributed by atoms with Crippen molar-refractivity contribution in [1.82, 2.24) is 0 Å². The topological polar surface area (TPSA) is 61.8 Å². The monoisotopic (exact) mass is 444 g/mol. The van der Waals surface area contributed by atoms with E-state index in [1.807, 2.05) is 6.08 Å². The molecule has 0 aromatic carbocycles. The molecule has 0 radical (unpaired) electrons. The van der Waals surface area contributed by atoms with Crippen LogP contribution in [0, 0.1) is 11.8 Å². The van der Waals surface area contributed by atoms with Crippen molar-refractivity contribution in [3.05, 3.63) is 36.5 Å². The molecule has 0 rings (SSSR count). The van der Waals surface area contributed by atoms with E-state index in [1.54, 1.807) is 14.2 Å². The molecular formula is C24H44O5S. The zero-order chi connectivity index (χ0) is 22.7. The molecule has 176 valence electrons. The quantitative estimate of drug-likeness (QED) is 0.0800. The summed E-state index contributed by atoms with van der Waals surface area (Å²) in [6.45, 7) is 4.58. The minimum absolute atomic E-state index is 0.175. The second kappa shape index (κ2) is 18.8. The Hall–Kier alpha value is -0.950. The Morgan fingerprint density at radius 1 is 0.800 bits per heavy atom. The van der Waals surface area contributed by atoms with Gasteiger partial charge in [0.25, 0.3) is 10.1 Å². The van der Waals surface area contributed by atoms with E-state index in [4.69, 9.17) is 13.7 Å². The first-order chi connectivity index (χ1) is 14.4. The fourth-order valence-electron chi connectivity index (χ4n) is 3.25. The summed E-state index contributed by atoms with van der Waals surface area (Å²) in [6, 6.07) is 0. The minimum atomic E-state index is -3.43. The highest BCUT2D eigenvalue weighted by atomic mass is 32.2. The summed E-state index contributed by atoms with van der Waals surface area (Å²) in [7, 11) is -0.201. The lowest BCUT2D eigenvalue weighted by Gasteiger charge is -2.22. The molecule has 0 aromatic rings. The van der Waals surface area contributed by atoms with Crippen molar-refractivity contribution in [2.45, 2.75) is 77.9 Å². The van der Waals surface area contributed by atoms with Crippen molar-refractivity contribution in [1.29, 1.82) is 0 Å². The molecule has 0 fully saturated rings. The smallest absolute Gasteiger partial charge is 0.264 e. The molecule has 0 aliphatic carbocycles. The molecule has 0 bridgehead atoms. The molecule has 0 aromatic heterocycles. The third kappa shape index (κ3) is 16.8. The summed E-state index contributed by atoms with van der Waals surface area (Å²) in [5.41, 5.74) is 0. The summed E-state index contributed by atoms with van der Waals surface area (Å²) in [5.74, 6) is 0.437. The molecule has 6 heteroatoms. The average Bonchev–Trinajstić information content (AvgIpc) is 2.70. The molecule has 0 amide bonds. The third-order valence-corrected chi connectivity index (χ3v) is 5.59. The SMILES string of the molecule is CCCCC/C=C/C=C/C(CCOS(C)(=O)=O)C(/C=C/C(OC)OC)CCCCC. The second-order valence-corrected chi connectivity index (χ2v) is 9.32. The van der Waals surface area contributed by atoms with Crippen LogP contribution in [-0.2, 0) is 23.8 Å². The van der Waals surface area contributed by atoms with Crippen LogP contribution >= 0.6 is 0 Å². The normalized spacial score (nSPS) is 15.1. The van der Waals surface area contributed by atoms with Gasteiger partial charge in [0.15, 0.2) is 6.29 Å². The Morgan fingerprint density at radius 2 is 1.43 bits per heavy atom. The number of unbranched alkanes of at least 4 members (excludes halogenated alkanes) is 5. The number of hydrogen-bond acceptors (Lipinski definition) is 5. The number of ether oxygens (including phenoxy) is 2. The Morgan fingerprint density at radius 3 is 2.03 bits per heavy atom. The van der Waals surface area contributed by atoms with Gasteiger partial charge in [0.2, 0.25) is 0 Å². The summed E-state index contributed by atoms with van der Waals surface area (Å²) >= 11 is 0. The average molecular weight is 445 g/mol. The third-order valence-electron chi connectivity index (χ3n) is 5.00. The van der Waals surface area contributed by atoms with E-state index in [0.29, 0.717) is 6.42 Å². The highest BCUT2D eigenvalue weighted by Gasteiger charge is 2.18. The molecule has 0 spiro atoms. The van der Waals surface area contributed by atoms with Gasteiger partial charge in [0.05, 0.1) is 12.9 Å². The largest absolute Gasteiger partial charge is 0.352 e. The van der Waals surface area contributed by atoms with E-state index in [-0.39, 0.29) is 24.7 Å². The van der Waals surface area contributed by atoms with Crippen LogP contribution in [0.15, 0.2) is 36.5 Å². The summed E-state index contributed by atoms with van der Waals surface area (Å²) < 4.78 is 38.3. The van der Waals surface area contributed by atoms with Crippen molar-refractivity contribution in [3.8, 4) is 0 Å². The van der Waals surface area contributed by atoms with Crippen LogP contribution in [0.25, 0.3) is 0 Å². The predicted octanol–water partition coefficient (Wildman–Crippen LogP) is 6.03. The predicted molar refractivity (Wildman–Crippen MR) is 126 cm³/mol. The number of methoxy groups -OCH3 is 2. The molecule has 0 saturated heterocycles. The molecule has 0 saturated carbocycles. The van der Waals surface area contributed by atoms with Crippen molar-refractivity contribution < 1.29 is 22.1 Å². The highest BCUT2D eigenvalue weighted by molar-refractivity contribution is 7.85. The molecule has 0 heterocycles. The van der Waals surface area contributed by atoms with Gasteiger partial charge in [0, 0.05) is 14.2 Å². The van der Waals surface area contributed by atoms with E-state index in [9.17, 15) is 8.42 Å². The summed E-state index contributed by atoms with van der Waals surface area (Å²) in [5, 5.41) is 0. The summed E-state index contributed by atoms with van der Waals surface area (Å²) in [6.07, 6.45) is 23.3. The van der Waals surface area contributed by atoms with Crippen LogP contribution in [0.5, 0.6) is 0 Å². The van der Waals surface area contributed by atoms with E-state index in [0.717, 1.165) is 31.9 Å². The van der Waals surface area contributed by atoms with Gasteiger partial charge in [-0.25, -0.2) is 0 Å². The minimum Gasteiger partial charge on any atom is -0.352 e. The van der Waals surface area contributed by atoms with E-state index in [2.05, 4.69) is 44.2 Å². The molecule has 30 heavy (non-hydrogen) atoms. The molecule has 2 unspecified atom stereocenters. The molecule has 0 N–H and O–H groups in total. The van der Waals surface area contributed by atoms with Crippen LogP contribution in [0.3, 0.4) is 0 Å². The van der Waals surface area contributed by atoms with Crippen LogP contribution < -0.4 is 0 Å². The lowest BCUT2D eigenvalue weighted by atomic mass is 9.84. The van der Waals surface area contributed by atoms with Gasteiger partial charge in [0.1, 0.15) is 0 Å². The number of hydrogen-bond donors (Lipinski definition) is 0. The molecule has 5 nitrogen and oxygen atoms in total. The molecular weight excluding hydrogens is 400 g/mol. The Bertz CT molecular complexity index is 576. The Kier molecular flexibility index (Phi) is 18.2. The Labute approximate surface area is 185 Å². The van der Waals surface area contributed by atoms with Crippen LogP contribution in [-0.4, -0.2) is 41.8 Å². The van der Waals surface area contributed by atoms with E-state index >= 15 is 0 Å². The van der Waals surface area contributed by atoms with Crippen LogP contribution in [0.4, 0.5) is 0 Å². The maximum Gasteiger partial charge on any atom is 0.264 e. The zero-order valence-electron chi connectivity index (χ0n) is 19.7. The first-order valence-corrected chi connectivity index (χ1v) is 13.1. The zero-order valence-corrected chi connectivity index (χ0v) is 20.5. The van der Waals surface area contributed by atoms with E-state index < -0.39 is 10.1 Å². The first kappa shape index (κ1) is 29.1. The van der Waals surface area contributed by atoms with Crippen molar-refractivity contribution >= 4 is 10.1 Å². The van der Waals surface area contributed by atoms with Gasteiger partial charge < -0.3 is 9.47 Å². The second-order valence-electron chi connectivity index (χ2n) is 7.67. The van der Waals surface area contributed by atoms with Gasteiger partial charge in [-0.05, 0) is 43.6 Å². The van der Waals surface area contributed by atoms with Crippen LogP contribution in [0.2, 0.25) is 0 Å². The highest BCUT2D eigenvalue weighted by Crippen LogP contribution is 2.26. The van der Waals surface area contributed by atoms with Gasteiger partial charge in [-0.2, -0.15) is 8.42 Å². The fourth-order valence-corrected chi connectivity index (χ4v) is 3.65. The maximum absolute atomic E-state index is 11.4. The van der Waals surface area contributed by atoms with Gasteiger partial charge in [-0.15, -0.1) is 0 Å². The summed E-state index contributed by atoms with van der Waals surface area (Å²) in [4.78, 5) is 0. The van der Waals surface area contributed by atoms with Crippen molar-refractivity contribution in [2.24, 2.45) is 11.8 Å². The van der Waals surface area contributed by atoms with Gasteiger partial charge in [-0.1, -0.05) is 76.3 Å². The lowest BCUT2D eigenvalue weighted by Crippen LogP contribution is -2.17. The van der Waals surface area contributed by atoms with Crippen molar-refractivity contribution in [3.63, 3.8) is 0 Å². The van der Waals surface area contributed by atoms with Crippen LogP contribution in [0.1, 0.15) is 71.6 Å². The maximum atomic E-state index is 11.4. The van der Waals surface area contributed by atoms with Crippen molar-refractivity contribution in [2.75, 3.05) is 27.1 Å². The fraction of sp³-hybridized carbons (Fsp3) is 0.750. The molecule has 0 aliphatic heterocycles. The van der Waals surface area contributed by atoms with Gasteiger partial charge in [-0.3, -0.25) is 4.18 Å². The number of rotatable bonds is 19.